The SMILES string of the molecule is CON(C)C(=O)[C@@H]1[C@@H](C)OC(C)(C)N1C(=O)OCc1ccccc1. The molecule has 1 aliphatic heterocycles. The van der Waals surface area contributed by atoms with Crippen molar-refractivity contribution in [2.45, 2.75) is 45.2 Å². The smallest absolute Gasteiger partial charge is 0.413 e. The van der Waals surface area contributed by atoms with Crippen LogP contribution in [0.25, 0.3) is 0 Å². The highest BCUT2D eigenvalue weighted by molar-refractivity contribution is 5.86. The molecular formula is C17H24N2O5. The zero-order chi connectivity index (χ0) is 17.9. The van der Waals surface area contributed by atoms with E-state index in [-0.39, 0.29) is 12.5 Å². The Labute approximate surface area is 142 Å². The standard InChI is InChI=1S/C17H24N2O5/c1-12-14(15(20)18(4)22-5)19(17(2,3)24-12)16(21)23-11-13-9-7-6-8-10-13/h6-10,12,14H,11H2,1-5H3/t12-,14+/m1/s1. The first-order valence-electron chi connectivity index (χ1n) is 7.77. The summed E-state index contributed by atoms with van der Waals surface area (Å²) in [7, 11) is 2.88. The van der Waals surface area contributed by atoms with Crippen LogP contribution >= 0.6 is 0 Å². The minimum absolute atomic E-state index is 0.127. The molecule has 7 nitrogen and oxygen atoms in total. The molecule has 1 aliphatic rings. The summed E-state index contributed by atoms with van der Waals surface area (Å²) < 4.78 is 11.2. The second-order valence-electron chi connectivity index (χ2n) is 6.14. The number of hydrogen-bond acceptors (Lipinski definition) is 5. The predicted molar refractivity (Wildman–Crippen MR) is 86.7 cm³/mol. The second kappa shape index (κ2) is 7.19. The highest BCUT2D eigenvalue weighted by Crippen LogP contribution is 2.33. The Morgan fingerprint density at radius 3 is 2.50 bits per heavy atom. The molecule has 2 atom stereocenters. The first-order chi connectivity index (χ1) is 11.3. The second-order valence-corrected chi connectivity index (χ2v) is 6.14. The molecule has 0 N–H and O–H groups in total. The van der Waals surface area contributed by atoms with Gasteiger partial charge in [-0.1, -0.05) is 30.3 Å². The number of rotatable bonds is 4. The quantitative estimate of drug-likeness (QED) is 0.788. The van der Waals surface area contributed by atoms with Gasteiger partial charge in [-0.25, -0.2) is 9.86 Å². The highest BCUT2D eigenvalue weighted by atomic mass is 16.7. The fourth-order valence-corrected chi connectivity index (χ4v) is 2.83. The summed E-state index contributed by atoms with van der Waals surface area (Å²) in [5, 5.41) is 1.09. The van der Waals surface area contributed by atoms with Crippen molar-refractivity contribution in [1.82, 2.24) is 9.96 Å². The molecular weight excluding hydrogens is 312 g/mol. The number of likely N-dealkylation sites (N-methyl/N-ethyl adjacent to an activating group) is 1. The van der Waals surface area contributed by atoms with E-state index < -0.39 is 24.0 Å². The van der Waals surface area contributed by atoms with Gasteiger partial charge in [0, 0.05) is 7.05 Å². The van der Waals surface area contributed by atoms with Crippen molar-refractivity contribution in [2.75, 3.05) is 14.2 Å². The summed E-state index contributed by atoms with van der Waals surface area (Å²) in [6, 6.07) is 8.54. The van der Waals surface area contributed by atoms with Gasteiger partial charge in [0.2, 0.25) is 0 Å². The minimum Gasteiger partial charge on any atom is -0.444 e. The lowest BCUT2D eigenvalue weighted by Crippen LogP contribution is -2.54. The van der Waals surface area contributed by atoms with Crippen LogP contribution in [0.2, 0.25) is 0 Å². The number of hydroxylamine groups is 2. The molecule has 0 unspecified atom stereocenters. The molecule has 1 aromatic carbocycles. The van der Waals surface area contributed by atoms with Crippen molar-refractivity contribution in [3.8, 4) is 0 Å². The third-order valence-electron chi connectivity index (χ3n) is 4.02. The van der Waals surface area contributed by atoms with Gasteiger partial charge in [-0.3, -0.25) is 14.5 Å². The number of ether oxygens (including phenoxy) is 2. The Morgan fingerprint density at radius 2 is 1.92 bits per heavy atom. The Morgan fingerprint density at radius 1 is 1.29 bits per heavy atom. The van der Waals surface area contributed by atoms with Crippen molar-refractivity contribution >= 4 is 12.0 Å². The van der Waals surface area contributed by atoms with Crippen LogP contribution in [0.3, 0.4) is 0 Å². The molecule has 0 bridgehead atoms. The molecule has 0 spiro atoms. The summed E-state index contributed by atoms with van der Waals surface area (Å²) >= 11 is 0. The fourth-order valence-electron chi connectivity index (χ4n) is 2.83. The van der Waals surface area contributed by atoms with Crippen molar-refractivity contribution in [2.24, 2.45) is 0 Å². The van der Waals surface area contributed by atoms with Gasteiger partial charge in [0.1, 0.15) is 18.4 Å². The van der Waals surface area contributed by atoms with Crippen LogP contribution in [0, 0.1) is 0 Å². The molecule has 0 radical (unpaired) electrons. The Bertz CT molecular complexity index is 590. The van der Waals surface area contributed by atoms with Gasteiger partial charge < -0.3 is 9.47 Å². The summed E-state index contributed by atoms with van der Waals surface area (Å²) in [4.78, 5) is 31.4. The average Bonchev–Trinajstić information content (AvgIpc) is 2.80. The first kappa shape index (κ1) is 18.2. The van der Waals surface area contributed by atoms with Gasteiger partial charge in [-0.05, 0) is 26.3 Å². The average molecular weight is 336 g/mol. The topological polar surface area (TPSA) is 68.3 Å². The maximum atomic E-state index is 12.6. The van der Waals surface area contributed by atoms with Crippen molar-refractivity contribution in [3.63, 3.8) is 0 Å². The molecule has 2 rings (SSSR count). The lowest BCUT2D eigenvalue weighted by molar-refractivity contribution is -0.174. The van der Waals surface area contributed by atoms with Crippen molar-refractivity contribution < 1.29 is 23.9 Å². The van der Waals surface area contributed by atoms with Crippen LogP contribution in [0.15, 0.2) is 30.3 Å². The lowest BCUT2D eigenvalue weighted by Gasteiger charge is -2.33. The van der Waals surface area contributed by atoms with E-state index in [0.29, 0.717) is 0 Å². The number of benzene rings is 1. The molecule has 24 heavy (non-hydrogen) atoms. The molecule has 0 saturated carbocycles. The molecule has 1 fully saturated rings. The molecule has 1 aromatic rings. The molecule has 2 amide bonds. The lowest BCUT2D eigenvalue weighted by atomic mass is 10.1. The van der Waals surface area contributed by atoms with Gasteiger partial charge >= 0.3 is 6.09 Å². The van der Waals surface area contributed by atoms with E-state index >= 15 is 0 Å². The third kappa shape index (κ3) is 3.68. The molecule has 7 heteroatoms. The van der Waals surface area contributed by atoms with Crippen LogP contribution in [0.1, 0.15) is 26.3 Å². The largest absolute Gasteiger partial charge is 0.444 e. The number of nitrogens with zero attached hydrogens (tertiary/aromatic N) is 2. The molecule has 132 valence electrons. The summed E-state index contributed by atoms with van der Waals surface area (Å²) in [6.45, 7) is 5.33. The Balaban J connectivity index is 2.16. The number of amides is 2. The molecule has 0 aliphatic carbocycles. The molecule has 1 heterocycles. The van der Waals surface area contributed by atoms with E-state index in [1.54, 1.807) is 20.8 Å². The number of carbonyl (C=O) groups is 2. The molecule has 1 saturated heterocycles. The van der Waals surface area contributed by atoms with Gasteiger partial charge in [-0.2, -0.15) is 0 Å². The van der Waals surface area contributed by atoms with Gasteiger partial charge in [-0.15, -0.1) is 0 Å². The first-order valence-corrected chi connectivity index (χ1v) is 7.77. The van der Waals surface area contributed by atoms with Crippen LogP contribution in [0.5, 0.6) is 0 Å². The number of carbonyl (C=O) groups excluding carboxylic acids is 2. The van der Waals surface area contributed by atoms with Crippen LogP contribution in [-0.2, 0) is 25.7 Å². The van der Waals surface area contributed by atoms with E-state index in [1.807, 2.05) is 30.3 Å². The van der Waals surface area contributed by atoms with E-state index in [0.717, 1.165) is 10.6 Å². The highest BCUT2D eigenvalue weighted by Gasteiger charge is 2.53. The van der Waals surface area contributed by atoms with Gasteiger partial charge in [0.05, 0.1) is 13.2 Å². The van der Waals surface area contributed by atoms with E-state index in [1.165, 1.54) is 19.1 Å². The fraction of sp³-hybridized carbons (Fsp3) is 0.529. The van der Waals surface area contributed by atoms with Gasteiger partial charge in [0.15, 0.2) is 0 Å². The predicted octanol–water partition coefficient (Wildman–Crippen LogP) is 2.17. The van der Waals surface area contributed by atoms with Crippen LogP contribution in [0.4, 0.5) is 4.79 Å². The van der Waals surface area contributed by atoms with Crippen molar-refractivity contribution in [1.29, 1.82) is 0 Å². The summed E-state index contributed by atoms with van der Waals surface area (Å²) in [5.41, 5.74) is -0.0871. The van der Waals surface area contributed by atoms with E-state index in [9.17, 15) is 9.59 Å². The maximum absolute atomic E-state index is 12.6. The summed E-state index contributed by atoms with van der Waals surface area (Å²) in [5.74, 6) is -0.368. The van der Waals surface area contributed by atoms with Gasteiger partial charge in [0.25, 0.3) is 5.91 Å². The van der Waals surface area contributed by atoms with Crippen LogP contribution in [-0.4, -0.2) is 54.0 Å². The monoisotopic (exact) mass is 336 g/mol. The third-order valence-corrected chi connectivity index (χ3v) is 4.02. The number of hydrogen-bond donors (Lipinski definition) is 0. The Kier molecular flexibility index (Phi) is 5.46. The zero-order valence-electron chi connectivity index (χ0n) is 14.7. The molecule has 0 aromatic heterocycles. The van der Waals surface area contributed by atoms with E-state index in [2.05, 4.69) is 0 Å². The maximum Gasteiger partial charge on any atom is 0.413 e. The van der Waals surface area contributed by atoms with Crippen molar-refractivity contribution in [3.05, 3.63) is 35.9 Å². The Hall–Kier alpha value is -2.12. The van der Waals surface area contributed by atoms with Crippen LogP contribution < -0.4 is 0 Å². The summed E-state index contributed by atoms with van der Waals surface area (Å²) in [6.07, 6.45) is -1.08. The normalized spacial score (nSPS) is 22.3. The zero-order valence-corrected chi connectivity index (χ0v) is 14.7. The van der Waals surface area contributed by atoms with E-state index in [4.69, 9.17) is 14.3 Å². The minimum atomic E-state index is -0.956.